The lowest BCUT2D eigenvalue weighted by molar-refractivity contribution is -0.153. The fraction of sp³-hybridized carbons (Fsp3) is 1.00. The third-order valence-corrected chi connectivity index (χ3v) is 6.88. The van der Waals surface area contributed by atoms with Crippen molar-refractivity contribution in [3.63, 3.8) is 0 Å². The quantitative estimate of drug-likeness (QED) is 0.558. The van der Waals surface area contributed by atoms with E-state index in [1.54, 1.807) is 6.92 Å². The largest absolute Gasteiger partial charge is 0.243 e. The van der Waals surface area contributed by atoms with Gasteiger partial charge >= 0.3 is 0 Å². The molecule has 0 saturated carbocycles. The monoisotopic (exact) mass is 258 g/mol. The second-order valence-corrected chi connectivity index (χ2v) is 8.38. The van der Waals surface area contributed by atoms with Gasteiger partial charge in [-0.3, -0.25) is 0 Å². The van der Waals surface area contributed by atoms with Crippen LogP contribution in [-0.4, -0.2) is 5.67 Å². The van der Waals surface area contributed by atoms with Crippen LogP contribution >= 0.6 is 0 Å². The van der Waals surface area contributed by atoms with Crippen LogP contribution in [0.1, 0.15) is 76.2 Å². The van der Waals surface area contributed by atoms with E-state index in [4.69, 9.17) is 0 Å². The summed E-state index contributed by atoms with van der Waals surface area (Å²) in [5.41, 5.74) is -2.00. The average Bonchev–Trinajstić information content (AvgIpc) is 2.15. The van der Waals surface area contributed by atoms with Gasteiger partial charge in [0.15, 0.2) is 0 Å². The summed E-state index contributed by atoms with van der Waals surface area (Å²) in [6, 6.07) is 0. The summed E-state index contributed by atoms with van der Waals surface area (Å²) >= 11 is 0. The summed E-state index contributed by atoms with van der Waals surface area (Å²) in [6.45, 7) is 23.2. The van der Waals surface area contributed by atoms with Crippen molar-refractivity contribution in [2.75, 3.05) is 0 Å². The maximum atomic E-state index is 15.8. The molecule has 0 nitrogen and oxygen atoms in total. The average molecular weight is 258 g/mol. The van der Waals surface area contributed by atoms with E-state index in [9.17, 15) is 0 Å². The van der Waals surface area contributed by atoms with Gasteiger partial charge in [-0.15, -0.1) is 0 Å². The predicted molar refractivity (Wildman–Crippen MR) is 80.5 cm³/mol. The zero-order valence-electron chi connectivity index (χ0n) is 14.5. The topological polar surface area (TPSA) is 0 Å². The van der Waals surface area contributed by atoms with Crippen LogP contribution in [0, 0.1) is 28.1 Å². The maximum absolute atomic E-state index is 15.8. The molecular weight excluding hydrogens is 223 g/mol. The Labute approximate surface area is 115 Å². The van der Waals surface area contributed by atoms with E-state index >= 15 is 4.39 Å². The number of hydrogen-bond donors (Lipinski definition) is 0. The van der Waals surface area contributed by atoms with Crippen molar-refractivity contribution in [3.8, 4) is 0 Å². The molecular formula is C17H35F. The van der Waals surface area contributed by atoms with E-state index in [0.717, 1.165) is 0 Å². The second-order valence-electron chi connectivity index (χ2n) is 8.38. The minimum atomic E-state index is -1.22. The van der Waals surface area contributed by atoms with Crippen molar-refractivity contribution in [1.29, 1.82) is 0 Å². The maximum Gasteiger partial charge on any atom is 0.119 e. The van der Waals surface area contributed by atoms with Crippen LogP contribution in [0.4, 0.5) is 4.39 Å². The molecule has 0 radical (unpaired) electrons. The molecule has 0 aromatic heterocycles. The highest BCUT2D eigenvalue weighted by Gasteiger charge is 2.59. The van der Waals surface area contributed by atoms with E-state index in [0.29, 0.717) is 11.8 Å². The number of rotatable bonds is 5. The molecule has 0 aliphatic carbocycles. The molecule has 110 valence electrons. The highest BCUT2D eigenvalue weighted by Crippen LogP contribution is 2.59. The molecule has 0 aromatic rings. The Kier molecular flexibility index (Phi) is 4.78. The molecule has 0 rings (SSSR count). The van der Waals surface area contributed by atoms with Crippen LogP contribution in [0.3, 0.4) is 0 Å². The SMILES string of the molecule is CC(C)C(C)(C)C(C)(C)C(C)(F)C(C)(C)C(C)C. The third kappa shape index (κ3) is 2.34. The third-order valence-electron chi connectivity index (χ3n) is 6.88. The van der Waals surface area contributed by atoms with E-state index in [1.165, 1.54) is 0 Å². The Hall–Kier alpha value is -0.0700. The molecule has 1 atom stereocenters. The first kappa shape index (κ1) is 17.9. The summed E-state index contributed by atoms with van der Waals surface area (Å²) in [7, 11) is 0. The molecule has 0 saturated heterocycles. The first-order valence-electron chi connectivity index (χ1n) is 7.33. The first-order chi connectivity index (χ1) is 7.64. The van der Waals surface area contributed by atoms with Crippen molar-refractivity contribution >= 4 is 0 Å². The van der Waals surface area contributed by atoms with Gasteiger partial charge in [0.1, 0.15) is 5.67 Å². The molecule has 0 fully saturated rings. The number of alkyl halides is 1. The Morgan fingerprint density at radius 3 is 1.11 bits per heavy atom. The van der Waals surface area contributed by atoms with Crippen LogP contribution in [0.15, 0.2) is 0 Å². The fourth-order valence-electron chi connectivity index (χ4n) is 2.67. The van der Waals surface area contributed by atoms with E-state index in [2.05, 4.69) is 69.2 Å². The zero-order chi connectivity index (χ0) is 15.2. The highest BCUT2D eigenvalue weighted by atomic mass is 19.1. The lowest BCUT2D eigenvalue weighted by atomic mass is 9.49. The van der Waals surface area contributed by atoms with Gasteiger partial charge in [0.05, 0.1) is 0 Å². The highest BCUT2D eigenvalue weighted by molar-refractivity contribution is 5.07. The van der Waals surface area contributed by atoms with Gasteiger partial charge < -0.3 is 0 Å². The summed E-state index contributed by atoms with van der Waals surface area (Å²) in [5.74, 6) is 0.764. The van der Waals surface area contributed by atoms with E-state index < -0.39 is 5.67 Å². The van der Waals surface area contributed by atoms with Gasteiger partial charge in [-0.2, -0.15) is 0 Å². The van der Waals surface area contributed by atoms with Crippen molar-refractivity contribution in [2.45, 2.75) is 81.8 Å². The van der Waals surface area contributed by atoms with Crippen LogP contribution in [0.2, 0.25) is 0 Å². The van der Waals surface area contributed by atoms with Gasteiger partial charge in [0.2, 0.25) is 0 Å². The smallest absolute Gasteiger partial charge is 0.119 e. The summed E-state index contributed by atoms with van der Waals surface area (Å²) in [5, 5.41) is 0. The molecule has 0 heterocycles. The molecule has 18 heavy (non-hydrogen) atoms. The van der Waals surface area contributed by atoms with Gasteiger partial charge in [0.25, 0.3) is 0 Å². The van der Waals surface area contributed by atoms with E-state index in [1.807, 2.05) is 0 Å². The standard InChI is InChI=1S/C17H35F/c1-12(2)14(5,6)16(9,10)17(11,18)15(7,8)13(3)4/h12-13H,1-11H3. The van der Waals surface area contributed by atoms with Gasteiger partial charge in [-0.1, -0.05) is 69.2 Å². The first-order valence-corrected chi connectivity index (χ1v) is 7.33. The lowest BCUT2D eigenvalue weighted by Crippen LogP contribution is -2.58. The lowest BCUT2D eigenvalue weighted by Gasteiger charge is -2.58. The minimum Gasteiger partial charge on any atom is -0.243 e. The van der Waals surface area contributed by atoms with Gasteiger partial charge in [-0.05, 0) is 24.2 Å². The minimum absolute atomic E-state index is 0.0529. The van der Waals surface area contributed by atoms with Gasteiger partial charge in [0, 0.05) is 10.8 Å². The van der Waals surface area contributed by atoms with Crippen LogP contribution < -0.4 is 0 Å². The van der Waals surface area contributed by atoms with Gasteiger partial charge in [-0.25, -0.2) is 4.39 Å². The van der Waals surface area contributed by atoms with Crippen LogP contribution in [0.25, 0.3) is 0 Å². The van der Waals surface area contributed by atoms with Crippen molar-refractivity contribution in [1.82, 2.24) is 0 Å². The Morgan fingerprint density at radius 2 is 0.889 bits per heavy atom. The van der Waals surface area contributed by atoms with E-state index in [-0.39, 0.29) is 16.2 Å². The predicted octanol–water partition coefficient (Wildman–Crippen LogP) is 6.11. The summed E-state index contributed by atoms with van der Waals surface area (Å²) in [6.07, 6.45) is 0. The molecule has 0 aliphatic heterocycles. The number of halogens is 1. The normalized spacial score (nSPS) is 18.3. The molecule has 0 N–H and O–H groups in total. The van der Waals surface area contributed by atoms with Crippen molar-refractivity contribution in [3.05, 3.63) is 0 Å². The second kappa shape index (κ2) is 4.80. The van der Waals surface area contributed by atoms with Crippen molar-refractivity contribution in [2.24, 2.45) is 28.1 Å². The summed E-state index contributed by atoms with van der Waals surface area (Å²) in [4.78, 5) is 0. The van der Waals surface area contributed by atoms with Crippen LogP contribution in [-0.2, 0) is 0 Å². The molecule has 0 bridgehead atoms. The molecule has 0 spiro atoms. The Morgan fingerprint density at radius 1 is 0.611 bits per heavy atom. The molecule has 0 aliphatic rings. The summed E-state index contributed by atoms with van der Waals surface area (Å²) < 4.78 is 15.8. The number of hydrogen-bond acceptors (Lipinski definition) is 0. The van der Waals surface area contributed by atoms with Crippen LogP contribution in [0.5, 0.6) is 0 Å². The fourth-order valence-corrected chi connectivity index (χ4v) is 2.67. The Bertz CT molecular complexity index is 250. The molecule has 1 unspecified atom stereocenters. The molecule has 0 aromatic carbocycles. The zero-order valence-corrected chi connectivity index (χ0v) is 14.5. The van der Waals surface area contributed by atoms with Crippen molar-refractivity contribution < 1.29 is 4.39 Å². The Balaban J connectivity index is 5.74. The molecule has 1 heteroatoms. The molecule has 0 amide bonds.